The summed E-state index contributed by atoms with van der Waals surface area (Å²) in [5.74, 6) is 0. The quantitative estimate of drug-likeness (QED) is 0.532. The van der Waals surface area contributed by atoms with Crippen LogP contribution in [0.1, 0.15) is 5.56 Å². The van der Waals surface area contributed by atoms with E-state index >= 15 is 0 Å². The van der Waals surface area contributed by atoms with Gasteiger partial charge in [-0.05, 0) is 23.8 Å². The summed E-state index contributed by atoms with van der Waals surface area (Å²) >= 11 is 0. The van der Waals surface area contributed by atoms with Crippen molar-refractivity contribution < 1.29 is 0 Å². The molecule has 0 spiro atoms. The number of hydrogen-bond acceptors (Lipinski definition) is 2. The van der Waals surface area contributed by atoms with Gasteiger partial charge in [0, 0.05) is 12.2 Å². The molecule has 2 heteroatoms. The van der Waals surface area contributed by atoms with Gasteiger partial charge < -0.3 is 11.5 Å². The maximum Gasteiger partial charge on any atom is 0.0359 e. The molecule has 0 atom stereocenters. The molecule has 0 amide bonds. The predicted molar refractivity (Wildman–Crippen MR) is 37.6 cm³/mol. The Kier molecular flexibility index (Phi) is 1.70. The molecular formula is C7H9N2. The molecule has 0 unspecified atom stereocenters. The summed E-state index contributed by atoms with van der Waals surface area (Å²) in [4.78, 5) is 0. The van der Waals surface area contributed by atoms with Crippen molar-refractivity contribution >= 4 is 5.69 Å². The molecule has 0 heterocycles. The lowest BCUT2D eigenvalue weighted by molar-refractivity contribution is 1.07. The first-order valence-electron chi connectivity index (χ1n) is 2.79. The van der Waals surface area contributed by atoms with Crippen LogP contribution >= 0.6 is 0 Å². The van der Waals surface area contributed by atoms with E-state index in [2.05, 4.69) is 6.07 Å². The Morgan fingerprint density at radius 3 is 2.78 bits per heavy atom. The van der Waals surface area contributed by atoms with E-state index in [0.29, 0.717) is 6.54 Å². The zero-order valence-corrected chi connectivity index (χ0v) is 5.09. The van der Waals surface area contributed by atoms with Crippen molar-refractivity contribution in [3.8, 4) is 0 Å². The highest BCUT2D eigenvalue weighted by atomic mass is 14.6. The van der Waals surface area contributed by atoms with Crippen LogP contribution in [0.4, 0.5) is 5.69 Å². The van der Waals surface area contributed by atoms with Gasteiger partial charge in [0.05, 0.1) is 0 Å². The van der Waals surface area contributed by atoms with Crippen molar-refractivity contribution in [1.29, 1.82) is 0 Å². The first-order valence-corrected chi connectivity index (χ1v) is 2.79. The maximum atomic E-state index is 5.53. The van der Waals surface area contributed by atoms with E-state index in [1.807, 2.05) is 0 Å². The number of nitrogens with two attached hydrogens (primary N) is 2. The van der Waals surface area contributed by atoms with Crippen LogP contribution in [-0.2, 0) is 6.54 Å². The highest BCUT2D eigenvalue weighted by Crippen LogP contribution is 2.07. The third kappa shape index (κ3) is 1.21. The third-order valence-electron chi connectivity index (χ3n) is 1.21. The van der Waals surface area contributed by atoms with Crippen molar-refractivity contribution in [3.05, 3.63) is 29.8 Å². The molecule has 1 aromatic carbocycles. The molecule has 1 radical (unpaired) electrons. The monoisotopic (exact) mass is 121 g/mol. The first-order chi connectivity index (χ1) is 4.34. The Hall–Kier alpha value is -1.02. The lowest BCUT2D eigenvalue weighted by atomic mass is 10.2. The van der Waals surface area contributed by atoms with Gasteiger partial charge in [-0.3, -0.25) is 0 Å². The number of nitrogen functional groups attached to an aromatic ring is 1. The van der Waals surface area contributed by atoms with Gasteiger partial charge in [0.15, 0.2) is 0 Å². The van der Waals surface area contributed by atoms with Gasteiger partial charge in [0.1, 0.15) is 0 Å². The second-order valence-electron chi connectivity index (χ2n) is 1.83. The van der Waals surface area contributed by atoms with E-state index in [-0.39, 0.29) is 0 Å². The Bertz CT molecular complexity index is 196. The van der Waals surface area contributed by atoms with Crippen LogP contribution in [0.5, 0.6) is 0 Å². The standard InChI is InChI=1S/C7H9N2/c8-5-6-3-1-2-4-7(6)9/h2-4H,5,8-9H2. The summed E-state index contributed by atoms with van der Waals surface area (Å²) < 4.78 is 0. The Balaban J connectivity index is 3.01. The van der Waals surface area contributed by atoms with Crippen LogP contribution in [0.25, 0.3) is 0 Å². The molecule has 2 nitrogen and oxygen atoms in total. The van der Waals surface area contributed by atoms with Crippen molar-refractivity contribution in [3.63, 3.8) is 0 Å². The summed E-state index contributed by atoms with van der Waals surface area (Å²) in [5.41, 5.74) is 12.6. The Morgan fingerprint density at radius 2 is 2.33 bits per heavy atom. The molecule has 0 aromatic heterocycles. The maximum absolute atomic E-state index is 5.53. The molecule has 1 rings (SSSR count). The van der Waals surface area contributed by atoms with Gasteiger partial charge in [-0.25, -0.2) is 0 Å². The minimum Gasteiger partial charge on any atom is -0.398 e. The molecule has 0 aliphatic rings. The summed E-state index contributed by atoms with van der Waals surface area (Å²) in [5, 5.41) is 0. The van der Waals surface area contributed by atoms with E-state index in [1.165, 1.54) is 0 Å². The van der Waals surface area contributed by atoms with Gasteiger partial charge in [-0.1, -0.05) is 6.07 Å². The van der Waals surface area contributed by atoms with Crippen LogP contribution in [0.3, 0.4) is 0 Å². The van der Waals surface area contributed by atoms with E-state index in [0.717, 1.165) is 11.3 Å². The van der Waals surface area contributed by atoms with Crippen molar-refractivity contribution in [2.24, 2.45) is 5.73 Å². The van der Waals surface area contributed by atoms with Gasteiger partial charge in [-0.2, -0.15) is 0 Å². The average molecular weight is 121 g/mol. The predicted octanol–water partition coefficient (Wildman–Crippen LogP) is 0.528. The molecule has 1 aromatic rings. The van der Waals surface area contributed by atoms with Gasteiger partial charge in [0.25, 0.3) is 0 Å². The van der Waals surface area contributed by atoms with Gasteiger partial charge in [-0.15, -0.1) is 0 Å². The lowest BCUT2D eigenvalue weighted by Crippen LogP contribution is -2.00. The largest absolute Gasteiger partial charge is 0.398 e. The highest BCUT2D eigenvalue weighted by Gasteiger charge is 1.90. The second kappa shape index (κ2) is 2.51. The molecule has 0 saturated heterocycles. The fraction of sp³-hybridized carbons (Fsp3) is 0.143. The summed E-state index contributed by atoms with van der Waals surface area (Å²) in [6.45, 7) is 0.489. The fourth-order valence-electron chi connectivity index (χ4n) is 0.654. The lowest BCUT2D eigenvalue weighted by Gasteiger charge is -1.98. The second-order valence-corrected chi connectivity index (χ2v) is 1.83. The van der Waals surface area contributed by atoms with E-state index in [9.17, 15) is 0 Å². The minimum absolute atomic E-state index is 0.489. The number of rotatable bonds is 1. The first kappa shape index (κ1) is 6.11. The molecule has 0 bridgehead atoms. The SMILES string of the molecule is NCc1c[c]ccc1N. The van der Waals surface area contributed by atoms with Crippen molar-refractivity contribution in [2.45, 2.75) is 6.54 Å². The third-order valence-corrected chi connectivity index (χ3v) is 1.21. The molecule has 4 N–H and O–H groups in total. The molecule has 0 saturated carbocycles. The van der Waals surface area contributed by atoms with Crippen LogP contribution in [0.2, 0.25) is 0 Å². The Labute approximate surface area is 54.5 Å². The zero-order valence-electron chi connectivity index (χ0n) is 5.09. The smallest absolute Gasteiger partial charge is 0.0359 e. The molecule has 47 valence electrons. The minimum atomic E-state index is 0.489. The molecule has 0 aliphatic carbocycles. The zero-order chi connectivity index (χ0) is 6.69. The normalized spacial score (nSPS) is 9.44. The Morgan fingerprint density at radius 1 is 1.56 bits per heavy atom. The van der Waals surface area contributed by atoms with Crippen LogP contribution in [-0.4, -0.2) is 0 Å². The topological polar surface area (TPSA) is 52.0 Å². The molecule has 0 fully saturated rings. The highest BCUT2D eigenvalue weighted by molar-refractivity contribution is 5.45. The van der Waals surface area contributed by atoms with Crippen molar-refractivity contribution in [2.75, 3.05) is 5.73 Å². The van der Waals surface area contributed by atoms with E-state index < -0.39 is 0 Å². The van der Waals surface area contributed by atoms with E-state index in [1.54, 1.807) is 18.2 Å². The molecule has 0 aliphatic heterocycles. The van der Waals surface area contributed by atoms with E-state index in [4.69, 9.17) is 11.5 Å². The van der Waals surface area contributed by atoms with Crippen LogP contribution < -0.4 is 11.5 Å². The molecule has 9 heavy (non-hydrogen) atoms. The fourth-order valence-corrected chi connectivity index (χ4v) is 0.654. The van der Waals surface area contributed by atoms with Gasteiger partial charge >= 0.3 is 0 Å². The number of benzene rings is 1. The van der Waals surface area contributed by atoms with Crippen molar-refractivity contribution in [1.82, 2.24) is 0 Å². The number of hydrogen-bond donors (Lipinski definition) is 2. The van der Waals surface area contributed by atoms with Crippen LogP contribution in [0.15, 0.2) is 18.2 Å². The summed E-state index contributed by atoms with van der Waals surface area (Å²) in [7, 11) is 0. The average Bonchev–Trinajstić information content (AvgIpc) is 1.89. The summed E-state index contributed by atoms with van der Waals surface area (Å²) in [6.07, 6.45) is 0. The molecular weight excluding hydrogens is 112 g/mol. The van der Waals surface area contributed by atoms with Crippen LogP contribution in [0, 0.1) is 6.07 Å². The number of anilines is 1. The summed E-state index contributed by atoms with van der Waals surface area (Å²) in [6, 6.07) is 8.26. The van der Waals surface area contributed by atoms with Gasteiger partial charge in [0.2, 0.25) is 0 Å².